The smallest absolute Gasteiger partial charge is 0.205 e. The van der Waals surface area contributed by atoms with Crippen LogP contribution in [0, 0.1) is 5.92 Å². The molecule has 2 unspecified atom stereocenters. The van der Waals surface area contributed by atoms with E-state index < -0.39 is 0 Å². The van der Waals surface area contributed by atoms with Crippen molar-refractivity contribution in [3.63, 3.8) is 0 Å². The standard InChI is InChI=1S/C8H12ClN3S/c9-4-6-2-1-3-7(6)11-8-12-10-5-13-8/h5-7H,1-4H2,(H,11,12). The van der Waals surface area contributed by atoms with Gasteiger partial charge in [0, 0.05) is 11.9 Å². The van der Waals surface area contributed by atoms with Crippen LogP contribution in [0.25, 0.3) is 0 Å². The fraction of sp³-hybridized carbons (Fsp3) is 0.750. The van der Waals surface area contributed by atoms with Gasteiger partial charge in [-0.2, -0.15) is 0 Å². The number of hydrogen-bond donors (Lipinski definition) is 1. The molecule has 1 aromatic rings. The van der Waals surface area contributed by atoms with Crippen LogP contribution in [-0.4, -0.2) is 22.1 Å². The number of rotatable bonds is 3. The van der Waals surface area contributed by atoms with Gasteiger partial charge in [0.05, 0.1) is 0 Å². The second kappa shape index (κ2) is 4.24. The zero-order chi connectivity index (χ0) is 9.10. The van der Waals surface area contributed by atoms with Gasteiger partial charge in [-0.3, -0.25) is 0 Å². The summed E-state index contributed by atoms with van der Waals surface area (Å²) in [5, 5.41) is 12.1. The molecule has 5 heteroatoms. The highest BCUT2D eigenvalue weighted by atomic mass is 35.5. The SMILES string of the molecule is ClCC1CCCC1Nc1nncs1. The van der Waals surface area contributed by atoms with E-state index in [2.05, 4.69) is 15.5 Å². The van der Waals surface area contributed by atoms with E-state index in [4.69, 9.17) is 11.6 Å². The van der Waals surface area contributed by atoms with Crippen molar-refractivity contribution >= 4 is 28.1 Å². The van der Waals surface area contributed by atoms with Crippen molar-refractivity contribution in [2.45, 2.75) is 25.3 Å². The summed E-state index contributed by atoms with van der Waals surface area (Å²) in [6.07, 6.45) is 3.71. The Morgan fingerprint density at radius 2 is 2.54 bits per heavy atom. The molecule has 3 nitrogen and oxygen atoms in total. The van der Waals surface area contributed by atoms with E-state index in [1.54, 1.807) is 16.8 Å². The van der Waals surface area contributed by atoms with E-state index in [0.29, 0.717) is 12.0 Å². The van der Waals surface area contributed by atoms with Crippen LogP contribution in [0.5, 0.6) is 0 Å². The van der Waals surface area contributed by atoms with Crippen LogP contribution >= 0.6 is 22.9 Å². The molecule has 0 bridgehead atoms. The number of anilines is 1. The summed E-state index contributed by atoms with van der Waals surface area (Å²) in [6.45, 7) is 0. The van der Waals surface area contributed by atoms with Gasteiger partial charge in [-0.15, -0.1) is 21.8 Å². The predicted molar refractivity (Wildman–Crippen MR) is 55.4 cm³/mol. The third-order valence-electron chi connectivity index (χ3n) is 2.53. The van der Waals surface area contributed by atoms with Crippen molar-refractivity contribution in [1.29, 1.82) is 0 Å². The van der Waals surface area contributed by atoms with Crippen molar-refractivity contribution in [3.05, 3.63) is 5.51 Å². The second-order valence-corrected chi connectivity index (χ2v) is 4.48. The molecular weight excluding hydrogens is 206 g/mol. The molecule has 0 radical (unpaired) electrons. The number of halogens is 1. The van der Waals surface area contributed by atoms with Crippen LogP contribution in [0.4, 0.5) is 5.13 Å². The quantitative estimate of drug-likeness (QED) is 0.790. The fourth-order valence-corrected chi connectivity index (χ4v) is 2.68. The van der Waals surface area contributed by atoms with Crippen LogP contribution in [-0.2, 0) is 0 Å². The van der Waals surface area contributed by atoms with Gasteiger partial charge < -0.3 is 5.32 Å². The van der Waals surface area contributed by atoms with Crippen LogP contribution in [0.1, 0.15) is 19.3 Å². The van der Waals surface area contributed by atoms with Crippen molar-refractivity contribution in [1.82, 2.24) is 10.2 Å². The lowest BCUT2D eigenvalue weighted by Gasteiger charge is -2.17. The lowest BCUT2D eigenvalue weighted by Crippen LogP contribution is -2.24. The van der Waals surface area contributed by atoms with Crippen molar-refractivity contribution in [2.24, 2.45) is 5.92 Å². The molecule has 0 saturated heterocycles. The molecule has 13 heavy (non-hydrogen) atoms. The number of nitrogens with zero attached hydrogens (tertiary/aromatic N) is 2. The Kier molecular flexibility index (Phi) is 3.01. The molecule has 0 aliphatic heterocycles. The summed E-state index contributed by atoms with van der Waals surface area (Å²) in [5.74, 6) is 1.35. The largest absolute Gasteiger partial charge is 0.357 e. The summed E-state index contributed by atoms with van der Waals surface area (Å²) >= 11 is 7.42. The van der Waals surface area contributed by atoms with Gasteiger partial charge in [-0.05, 0) is 18.8 Å². The van der Waals surface area contributed by atoms with Crippen LogP contribution in [0.3, 0.4) is 0 Å². The van der Waals surface area contributed by atoms with Gasteiger partial charge in [0.1, 0.15) is 5.51 Å². The van der Waals surface area contributed by atoms with Crippen LogP contribution < -0.4 is 5.32 Å². The summed E-state index contributed by atoms with van der Waals surface area (Å²) in [6, 6.07) is 0.505. The zero-order valence-corrected chi connectivity index (χ0v) is 8.81. The van der Waals surface area contributed by atoms with Crippen molar-refractivity contribution < 1.29 is 0 Å². The van der Waals surface area contributed by atoms with Gasteiger partial charge >= 0.3 is 0 Å². The minimum Gasteiger partial charge on any atom is -0.357 e. The van der Waals surface area contributed by atoms with E-state index >= 15 is 0 Å². The van der Waals surface area contributed by atoms with E-state index in [0.717, 1.165) is 11.0 Å². The molecule has 1 saturated carbocycles. The molecule has 0 amide bonds. The Balaban J connectivity index is 1.94. The molecule has 1 aliphatic rings. The van der Waals surface area contributed by atoms with Gasteiger partial charge in [0.15, 0.2) is 0 Å². The normalized spacial score (nSPS) is 27.8. The van der Waals surface area contributed by atoms with E-state index in [9.17, 15) is 0 Å². The fourth-order valence-electron chi connectivity index (χ4n) is 1.81. The van der Waals surface area contributed by atoms with Gasteiger partial charge in [0.25, 0.3) is 0 Å². The number of alkyl halides is 1. The summed E-state index contributed by atoms with van der Waals surface area (Å²) < 4.78 is 0. The van der Waals surface area contributed by atoms with Gasteiger partial charge in [-0.1, -0.05) is 17.8 Å². The van der Waals surface area contributed by atoms with E-state index in [1.165, 1.54) is 19.3 Å². The molecule has 2 rings (SSSR count). The number of aromatic nitrogens is 2. The Hall–Kier alpha value is -0.350. The molecule has 1 fully saturated rings. The first-order chi connectivity index (χ1) is 6.40. The highest BCUT2D eigenvalue weighted by Gasteiger charge is 2.26. The summed E-state index contributed by atoms with van der Waals surface area (Å²) in [5.41, 5.74) is 1.74. The minimum absolute atomic E-state index is 0.505. The molecule has 2 atom stereocenters. The molecule has 1 aromatic heterocycles. The van der Waals surface area contributed by atoms with E-state index in [-0.39, 0.29) is 0 Å². The summed E-state index contributed by atoms with van der Waals surface area (Å²) in [4.78, 5) is 0. The molecule has 1 N–H and O–H groups in total. The van der Waals surface area contributed by atoms with Gasteiger partial charge in [0.2, 0.25) is 5.13 Å². The second-order valence-electron chi connectivity index (χ2n) is 3.34. The summed E-state index contributed by atoms with van der Waals surface area (Å²) in [7, 11) is 0. The molecule has 1 heterocycles. The van der Waals surface area contributed by atoms with Crippen LogP contribution in [0.2, 0.25) is 0 Å². The Morgan fingerprint density at radius 3 is 3.23 bits per heavy atom. The topological polar surface area (TPSA) is 37.8 Å². The number of nitrogens with one attached hydrogen (secondary N) is 1. The lowest BCUT2D eigenvalue weighted by molar-refractivity contribution is 0.562. The molecule has 1 aliphatic carbocycles. The first kappa shape index (κ1) is 9.21. The van der Waals surface area contributed by atoms with Crippen LogP contribution in [0.15, 0.2) is 5.51 Å². The Bertz CT molecular complexity index is 252. The molecule has 0 spiro atoms. The van der Waals surface area contributed by atoms with Crippen molar-refractivity contribution in [2.75, 3.05) is 11.2 Å². The van der Waals surface area contributed by atoms with Crippen molar-refractivity contribution in [3.8, 4) is 0 Å². The molecule has 0 aromatic carbocycles. The highest BCUT2D eigenvalue weighted by molar-refractivity contribution is 7.13. The zero-order valence-electron chi connectivity index (χ0n) is 7.24. The molecular formula is C8H12ClN3S. The maximum Gasteiger partial charge on any atom is 0.205 e. The average molecular weight is 218 g/mol. The Labute approximate surface area is 86.5 Å². The minimum atomic E-state index is 0.505. The predicted octanol–water partition coefficient (Wildman–Crippen LogP) is 2.36. The molecule has 72 valence electrons. The first-order valence-electron chi connectivity index (χ1n) is 4.49. The maximum atomic E-state index is 5.87. The average Bonchev–Trinajstić information content (AvgIpc) is 2.76. The van der Waals surface area contributed by atoms with E-state index in [1.807, 2.05) is 0 Å². The first-order valence-corrected chi connectivity index (χ1v) is 5.90. The monoisotopic (exact) mass is 217 g/mol. The Morgan fingerprint density at radius 1 is 1.62 bits per heavy atom. The highest BCUT2D eigenvalue weighted by Crippen LogP contribution is 2.29. The maximum absolute atomic E-state index is 5.87. The third-order valence-corrected chi connectivity index (χ3v) is 3.55. The number of hydrogen-bond acceptors (Lipinski definition) is 4. The lowest BCUT2D eigenvalue weighted by atomic mass is 10.1. The third kappa shape index (κ3) is 2.11. The van der Waals surface area contributed by atoms with Gasteiger partial charge in [-0.25, -0.2) is 0 Å².